The second-order valence-corrected chi connectivity index (χ2v) is 5.60. The predicted octanol–water partition coefficient (Wildman–Crippen LogP) is 3.95. The van der Waals surface area contributed by atoms with E-state index in [2.05, 4.69) is 0 Å². The number of phenols is 2. The Balaban J connectivity index is 2.15. The monoisotopic (exact) mass is 332 g/mol. The molecule has 3 aromatic carbocycles. The van der Waals surface area contributed by atoms with Crippen molar-refractivity contribution in [1.82, 2.24) is 0 Å². The molecule has 4 nitrogen and oxygen atoms in total. The largest absolute Gasteiger partial charge is 0.507 e. The molecule has 124 valence electrons. The van der Waals surface area contributed by atoms with Crippen LogP contribution in [0.5, 0.6) is 11.5 Å². The van der Waals surface area contributed by atoms with Crippen LogP contribution < -0.4 is 0 Å². The molecule has 4 heteroatoms. The van der Waals surface area contributed by atoms with Gasteiger partial charge in [-0.2, -0.15) is 0 Å². The van der Waals surface area contributed by atoms with Crippen molar-refractivity contribution in [3.8, 4) is 11.5 Å². The van der Waals surface area contributed by atoms with Crippen molar-refractivity contribution in [3.63, 3.8) is 0 Å². The number of Topliss-reactive ketones (excluding diaryl/α,β-unsaturated/α-hetero) is 2. The smallest absolute Gasteiger partial charge is 0.178 e. The first kappa shape index (κ1) is 16.5. The first-order valence-electron chi connectivity index (χ1n) is 7.79. The first-order chi connectivity index (χ1) is 12.1. The molecule has 0 saturated carbocycles. The third-order valence-electron chi connectivity index (χ3n) is 3.99. The third-order valence-corrected chi connectivity index (χ3v) is 3.99. The van der Waals surface area contributed by atoms with Crippen molar-refractivity contribution in [2.45, 2.75) is 5.92 Å². The van der Waals surface area contributed by atoms with Gasteiger partial charge < -0.3 is 10.2 Å². The van der Waals surface area contributed by atoms with E-state index in [4.69, 9.17) is 0 Å². The van der Waals surface area contributed by atoms with E-state index in [-0.39, 0.29) is 17.1 Å². The molecular weight excluding hydrogens is 316 g/mol. The van der Waals surface area contributed by atoms with Gasteiger partial charge in [0, 0.05) is 11.1 Å². The summed E-state index contributed by atoms with van der Waals surface area (Å²) in [6, 6.07) is 20.9. The fraction of sp³-hybridized carbons (Fsp3) is 0.0476. The van der Waals surface area contributed by atoms with E-state index >= 15 is 0 Å². The van der Waals surface area contributed by atoms with Crippen molar-refractivity contribution in [1.29, 1.82) is 0 Å². The summed E-state index contributed by atoms with van der Waals surface area (Å²) >= 11 is 0. The van der Waals surface area contributed by atoms with Gasteiger partial charge in [-0.15, -0.1) is 0 Å². The average molecular weight is 332 g/mol. The van der Waals surface area contributed by atoms with Crippen LogP contribution in [0, 0.1) is 0 Å². The van der Waals surface area contributed by atoms with Gasteiger partial charge in [-0.05, 0) is 12.1 Å². The average Bonchev–Trinajstić information content (AvgIpc) is 2.65. The lowest BCUT2D eigenvalue weighted by atomic mass is 9.83. The van der Waals surface area contributed by atoms with Crippen LogP contribution in [0.2, 0.25) is 0 Å². The third kappa shape index (κ3) is 3.28. The molecule has 0 saturated heterocycles. The van der Waals surface area contributed by atoms with Gasteiger partial charge in [0.2, 0.25) is 0 Å². The Morgan fingerprint density at radius 2 is 1.00 bits per heavy atom. The zero-order valence-corrected chi connectivity index (χ0v) is 13.3. The lowest BCUT2D eigenvalue weighted by Gasteiger charge is -2.18. The normalized spacial score (nSPS) is 10.6. The van der Waals surface area contributed by atoms with E-state index in [1.165, 1.54) is 18.2 Å². The Morgan fingerprint density at radius 1 is 0.600 bits per heavy atom. The molecule has 0 radical (unpaired) electrons. The number of aromatic hydroxyl groups is 2. The number of rotatable bonds is 5. The maximum atomic E-state index is 13.0. The van der Waals surface area contributed by atoms with Crippen molar-refractivity contribution < 1.29 is 19.8 Å². The van der Waals surface area contributed by atoms with Crippen LogP contribution in [0.3, 0.4) is 0 Å². The van der Waals surface area contributed by atoms with E-state index in [0.717, 1.165) is 0 Å². The summed E-state index contributed by atoms with van der Waals surface area (Å²) < 4.78 is 0. The highest BCUT2D eigenvalue weighted by Crippen LogP contribution is 2.37. The fourth-order valence-electron chi connectivity index (χ4n) is 2.76. The van der Waals surface area contributed by atoms with E-state index in [0.29, 0.717) is 11.1 Å². The van der Waals surface area contributed by atoms with Crippen molar-refractivity contribution in [3.05, 3.63) is 95.6 Å². The highest BCUT2D eigenvalue weighted by atomic mass is 16.3. The molecule has 25 heavy (non-hydrogen) atoms. The molecule has 2 N–H and O–H groups in total. The number of phenolic OH excluding ortho intramolecular Hbond substituents is 2. The maximum absolute atomic E-state index is 13.0. The van der Waals surface area contributed by atoms with Gasteiger partial charge in [-0.25, -0.2) is 0 Å². The van der Waals surface area contributed by atoms with E-state index in [9.17, 15) is 19.8 Å². The topological polar surface area (TPSA) is 74.6 Å². The number of carbonyl (C=O) groups is 2. The highest BCUT2D eigenvalue weighted by molar-refractivity contribution is 6.20. The van der Waals surface area contributed by atoms with Crippen molar-refractivity contribution >= 4 is 11.6 Å². The SMILES string of the molecule is O=C(c1ccccc1)C(C(=O)c1ccccc1)c1c(O)cccc1O. The molecule has 3 rings (SSSR count). The molecule has 3 aromatic rings. The minimum absolute atomic E-state index is 0.0785. The van der Waals surface area contributed by atoms with Gasteiger partial charge in [0.15, 0.2) is 11.6 Å². The first-order valence-corrected chi connectivity index (χ1v) is 7.79. The number of carbonyl (C=O) groups excluding carboxylic acids is 2. The van der Waals surface area contributed by atoms with Crippen LogP contribution in [-0.2, 0) is 0 Å². The summed E-state index contributed by atoms with van der Waals surface area (Å²) in [5.74, 6) is -2.87. The molecule has 0 aliphatic rings. The molecule has 0 fully saturated rings. The summed E-state index contributed by atoms with van der Waals surface area (Å²) in [5.41, 5.74) is 0.587. The van der Waals surface area contributed by atoms with E-state index < -0.39 is 17.5 Å². The van der Waals surface area contributed by atoms with Crippen LogP contribution in [-0.4, -0.2) is 21.8 Å². The van der Waals surface area contributed by atoms with Gasteiger partial charge >= 0.3 is 0 Å². The Kier molecular flexibility index (Phi) is 4.61. The van der Waals surface area contributed by atoms with Crippen LogP contribution in [0.4, 0.5) is 0 Å². The number of benzene rings is 3. The minimum Gasteiger partial charge on any atom is -0.507 e. The van der Waals surface area contributed by atoms with Crippen molar-refractivity contribution in [2.24, 2.45) is 0 Å². The van der Waals surface area contributed by atoms with Crippen LogP contribution in [0.1, 0.15) is 32.2 Å². The maximum Gasteiger partial charge on any atom is 0.178 e. The molecule has 0 aliphatic heterocycles. The van der Waals surface area contributed by atoms with Gasteiger partial charge in [0.1, 0.15) is 17.4 Å². The number of hydrogen-bond acceptors (Lipinski definition) is 4. The molecule has 0 heterocycles. The lowest BCUT2D eigenvalue weighted by molar-refractivity contribution is 0.0856. The summed E-state index contributed by atoms with van der Waals surface area (Å²) in [4.78, 5) is 26.0. The quantitative estimate of drug-likeness (QED) is 0.548. The van der Waals surface area contributed by atoms with Crippen LogP contribution in [0.15, 0.2) is 78.9 Å². The number of hydrogen-bond donors (Lipinski definition) is 2. The zero-order valence-electron chi connectivity index (χ0n) is 13.3. The van der Waals surface area contributed by atoms with Gasteiger partial charge in [-0.3, -0.25) is 9.59 Å². The number of ketones is 2. The zero-order chi connectivity index (χ0) is 17.8. The second-order valence-electron chi connectivity index (χ2n) is 5.60. The Bertz CT molecular complexity index is 830. The van der Waals surface area contributed by atoms with Crippen LogP contribution in [0.25, 0.3) is 0 Å². The summed E-state index contributed by atoms with van der Waals surface area (Å²) in [6.07, 6.45) is 0. The summed E-state index contributed by atoms with van der Waals surface area (Å²) in [5, 5.41) is 20.4. The van der Waals surface area contributed by atoms with E-state index in [1.807, 2.05) is 0 Å². The second kappa shape index (κ2) is 7.01. The highest BCUT2D eigenvalue weighted by Gasteiger charge is 2.34. The lowest BCUT2D eigenvalue weighted by Crippen LogP contribution is -2.23. The fourth-order valence-corrected chi connectivity index (χ4v) is 2.76. The Hall–Kier alpha value is -3.40. The standard InChI is InChI=1S/C21H16O4/c22-16-12-7-13-17(23)18(16)19(20(24)14-8-3-1-4-9-14)21(25)15-10-5-2-6-11-15/h1-13,19,22-23H. The summed E-state index contributed by atoms with van der Waals surface area (Å²) in [6.45, 7) is 0. The molecule has 0 atom stereocenters. The van der Waals surface area contributed by atoms with Crippen molar-refractivity contribution in [2.75, 3.05) is 0 Å². The molecule has 0 unspecified atom stereocenters. The minimum atomic E-state index is -1.33. The van der Waals surface area contributed by atoms with Gasteiger partial charge in [0.25, 0.3) is 0 Å². The molecule has 0 bridgehead atoms. The molecule has 0 aromatic heterocycles. The predicted molar refractivity (Wildman–Crippen MR) is 94.1 cm³/mol. The Morgan fingerprint density at radius 3 is 1.40 bits per heavy atom. The Labute approximate surface area is 145 Å². The molecular formula is C21H16O4. The van der Waals surface area contributed by atoms with Gasteiger partial charge in [0.05, 0.1) is 5.56 Å². The van der Waals surface area contributed by atoms with E-state index in [1.54, 1.807) is 60.7 Å². The molecule has 0 amide bonds. The van der Waals surface area contributed by atoms with Crippen LogP contribution >= 0.6 is 0 Å². The molecule has 0 aliphatic carbocycles. The molecule has 0 spiro atoms. The van der Waals surface area contributed by atoms with Gasteiger partial charge in [-0.1, -0.05) is 66.7 Å². The summed E-state index contributed by atoms with van der Waals surface area (Å²) in [7, 11) is 0.